The van der Waals surface area contributed by atoms with E-state index in [1.54, 1.807) is 0 Å². The number of hydrogen-bond acceptors (Lipinski definition) is 7. The minimum absolute atomic E-state index is 0.0482. The summed E-state index contributed by atoms with van der Waals surface area (Å²) in [5.74, 6) is 1.45. The molecule has 14 heteroatoms. The molecule has 27 heavy (non-hydrogen) atoms. The van der Waals surface area contributed by atoms with Crippen LogP contribution in [0.4, 0.5) is 0 Å². The van der Waals surface area contributed by atoms with Crippen LogP contribution in [0.1, 0.15) is 51.9 Å². The second-order valence-corrected chi connectivity index (χ2v) is 11.5. The largest absolute Gasteiger partial charge is 0.490 e. The summed E-state index contributed by atoms with van der Waals surface area (Å²) in [6, 6.07) is 0. The van der Waals surface area contributed by atoms with Crippen molar-refractivity contribution < 1.29 is 51.2 Å². The van der Waals surface area contributed by atoms with E-state index in [9.17, 15) is 18.6 Å². The van der Waals surface area contributed by atoms with Crippen molar-refractivity contribution in [2.24, 2.45) is 11.8 Å². The van der Waals surface area contributed by atoms with Crippen LogP contribution in [0.2, 0.25) is 0 Å². The van der Waals surface area contributed by atoms with Gasteiger partial charge in [0, 0.05) is 0 Å². The minimum atomic E-state index is -5.48. The van der Waals surface area contributed by atoms with Crippen molar-refractivity contribution in [2.75, 3.05) is 6.61 Å². The summed E-state index contributed by atoms with van der Waals surface area (Å²) in [4.78, 5) is 35.5. The monoisotopic (exact) mass is 452 g/mol. The van der Waals surface area contributed by atoms with Gasteiger partial charge >= 0.3 is 23.5 Å². The van der Waals surface area contributed by atoms with E-state index < -0.39 is 29.6 Å². The molecule has 0 aromatic heterocycles. The molecule has 160 valence electrons. The van der Waals surface area contributed by atoms with E-state index in [4.69, 9.17) is 19.4 Å². The molecule has 11 nitrogen and oxygen atoms in total. The van der Waals surface area contributed by atoms with Crippen LogP contribution in [-0.4, -0.2) is 38.4 Å². The van der Waals surface area contributed by atoms with Crippen LogP contribution in [0.5, 0.6) is 0 Å². The highest BCUT2D eigenvalue weighted by Gasteiger charge is 2.41. The van der Waals surface area contributed by atoms with Crippen molar-refractivity contribution in [2.45, 2.75) is 64.1 Å². The van der Waals surface area contributed by atoms with Crippen LogP contribution in [0, 0.1) is 11.8 Å². The van der Waals surface area contributed by atoms with E-state index in [-0.39, 0.29) is 12.7 Å². The molecule has 1 saturated carbocycles. The van der Waals surface area contributed by atoms with Gasteiger partial charge in [-0.25, -0.2) is 13.7 Å². The van der Waals surface area contributed by atoms with Gasteiger partial charge in [0.25, 0.3) is 0 Å². The molecule has 2 unspecified atom stereocenters. The molecule has 0 bridgehead atoms. The predicted molar refractivity (Wildman–Crippen MR) is 93.5 cm³/mol. The van der Waals surface area contributed by atoms with Gasteiger partial charge in [0.1, 0.15) is 0 Å². The van der Waals surface area contributed by atoms with E-state index in [0.29, 0.717) is 12.3 Å². The molecule has 4 atom stereocenters. The molecule has 1 aliphatic carbocycles. The summed E-state index contributed by atoms with van der Waals surface area (Å²) < 4.78 is 51.2. The standard InChI is InChI=1S/C13H27O11P3/c1-2-3-10-6-11(7-10)8-12-4-5-13(22-12)9-21-26(17,18)24-27(19,20)23-25(14,15)16/h10-13H,2-9H2,1H3,(H,17,18)(H,19,20)(H2,14,15,16)/t10?,11?,12-,13+/m1/s1. The normalized spacial score (nSPS) is 33.2. The third kappa shape index (κ3) is 8.72. The molecule has 0 radical (unpaired) electrons. The first-order valence-electron chi connectivity index (χ1n) is 8.81. The van der Waals surface area contributed by atoms with Gasteiger partial charge in [-0.2, -0.15) is 8.62 Å². The van der Waals surface area contributed by atoms with Crippen LogP contribution in [0.3, 0.4) is 0 Å². The zero-order valence-corrected chi connectivity index (χ0v) is 17.6. The van der Waals surface area contributed by atoms with E-state index in [1.807, 2.05) is 0 Å². The quantitative estimate of drug-likeness (QED) is 0.340. The summed E-state index contributed by atoms with van der Waals surface area (Å²) >= 11 is 0. The molecule has 0 aromatic rings. The van der Waals surface area contributed by atoms with Gasteiger partial charge in [-0.05, 0) is 43.9 Å². The third-order valence-electron chi connectivity index (χ3n) is 4.66. The van der Waals surface area contributed by atoms with Crippen molar-refractivity contribution in [1.29, 1.82) is 0 Å². The van der Waals surface area contributed by atoms with Gasteiger partial charge in [-0.3, -0.25) is 4.52 Å². The fraction of sp³-hybridized carbons (Fsp3) is 1.00. The number of phosphoric ester groups is 1. The smallest absolute Gasteiger partial charge is 0.373 e. The Morgan fingerprint density at radius 2 is 1.56 bits per heavy atom. The second-order valence-electron chi connectivity index (χ2n) is 7.07. The lowest BCUT2D eigenvalue weighted by Gasteiger charge is -2.36. The lowest BCUT2D eigenvalue weighted by molar-refractivity contribution is -0.00965. The fourth-order valence-electron chi connectivity index (χ4n) is 3.64. The number of ether oxygens (including phenoxy) is 1. The Labute approximate surface area is 157 Å². The Balaban J connectivity index is 1.69. The molecule has 1 heterocycles. The maximum absolute atomic E-state index is 11.7. The number of phosphoric acid groups is 3. The van der Waals surface area contributed by atoms with Crippen molar-refractivity contribution in [3.05, 3.63) is 0 Å². The fourth-order valence-corrected chi connectivity index (χ4v) is 6.69. The topological polar surface area (TPSA) is 169 Å². The van der Waals surface area contributed by atoms with Gasteiger partial charge in [-0.1, -0.05) is 19.8 Å². The summed E-state index contributed by atoms with van der Waals surface area (Å²) in [6.45, 7) is 1.82. The molecule has 2 aliphatic rings. The van der Waals surface area contributed by atoms with E-state index in [1.165, 1.54) is 25.7 Å². The van der Waals surface area contributed by atoms with Gasteiger partial charge < -0.3 is 24.3 Å². The van der Waals surface area contributed by atoms with Gasteiger partial charge in [0.2, 0.25) is 0 Å². The molecule has 1 saturated heterocycles. The Bertz CT molecular complexity index is 629. The lowest BCUT2D eigenvalue weighted by Crippen LogP contribution is -2.27. The molecule has 4 N–H and O–H groups in total. The first-order chi connectivity index (χ1) is 12.4. The van der Waals surface area contributed by atoms with Crippen LogP contribution in [0.15, 0.2) is 0 Å². The second kappa shape index (κ2) is 9.45. The highest BCUT2D eigenvalue weighted by atomic mass is 31.3. The first kappa shape index (κ1) is 23.6. The van der Waals surface area contributed by atoms with Crippen molar-refractivity contribution in [3.8, 4) is 0 Å². The van der Waals surface area contributed by atoms with E-state index in [2.05, 4.69) is 20.1 Å². The van der Waals surface area contributed by atoms with E-state index >= 15 is 0 Å². The first-order valence-corrected chi connectivity index (χ1v) is 13.3. The van der Waals surface area contributed by atoms with Crippen molar-refractivity contribution >= 4 is 23.5 Å². The molecule has 0 aromatic carbocycles. The van der Waals surface area contributed by atoms with Gasteiger partial charge in [-0.15, -0.1) is 0 Å². The summed E-state index contributed by atoms with van der Waals surface area (Å²) in [6.07, 6.45) is 6.78. The summed E-state index contributed by atoms with van der Waals surface area (Å²) in [5.41, 5.74) is 0. The van der Waals surface area contributed by atoms with Crippen molar-refractivity contribution in [3.63, 3.8) is 0 Å². The van der Waals surface area contributed by atoms with Crippen molar-refractivity contribution in [1.82, 2.24) is 0 Å². The van der Waals surface area contributed by atoms with Crippen LogP contribution >= 0.6 is 23.5 Å². The number of hydrogen-bond donors (Lipinski definition) is 4. The summed E-state index contributed by atoms with van der Waals surface area (Å²) in [7, 11) is -15.9. The summed E-state index contributed by atoms with van der Waals surface area (Å²) in [5, 5.41) is 0. The highest BCUT2D eigenvalue weighted by molar-refractivity contribution is 7.66. The average molecular weight is 452 g/mol. The Hall–Kier alpha value is 0.370. The Morgan fingerprint density at radius 1 is 0.926 bits per heavy atom. The Kier molecular flexibility index (Phi) is 8.28. The molecule has 1 aliphatic heterocycles. The van der Waals surface area contributed by atoms with Crippen LogP contribution < -0.4 is 0 Å². The van der Waals surface area contributed by atoms with Gasteiger partial charge in [0.15, 0.2) is 0 Å². The van der Waals surface area contributed by atoms with Gasteiger partial charge in [0.05, 0.1) is 18.8 Å². The lowest BCUT2D eigenvalue weighted by atomic mass is 9.70. The van der Waals surface area contributed by atoms with E-state index in [0.717, 1.165) is 18.8 Å². The number of rotatable bonds is 11. The molecule has 0 amide bonds. The van der Waals surface area contributed by atoms with Crippen LogP contribution in [0.25, 0.3) is 0 Å². The minimum Gasteiger partial charge on any atom is -0.373 e. The molecule has 2 rings (SSSR count). The molecule has 0 spiro atoms. The molecule has 2 fully saturated rings. The SMILES string of the molecule is CCCC1CC(C[C@H]2CC[C@@H](COP(=O)(O)OP(=O)(O)OP(=O)(O)O)O2)C1. The maximum Gasteiger partial charge on any atom is 0.490 e. The maximum atomic E-state index is 11.7. The molecular weight excluding hydrogens is 425 g/mol. The Morgan fingerprint density at radius 3 is 2.15 bits per heavy atom. The third-order valence-corrected chi connectivity index (χ3v) is 8.46. The predicted octanol–water partition coefficient (Wildman–Crippen LogP) is 3.09. The average Bonchev–Trinajstić information content (AvgIpc) is 2.87. The molecular formula is C13H27O11P3. The zero-order valence-electron chi connectivity index (χ0n) is 15.0. The highest BCUT2D eigenvalue weighted by Crippen LogP contribution is 2.66. The zero-order chi connectivity index (χ0) is 20.3. The van der Waals surface area contributed by atoms with Crippen LogP contribution in [-0.2, 0) is 31.6 Å².